The third kappa shape index (κ3) is 3.40. The van der Waals surface area contributed by atoms with E-state index in [1.807, 2.05) is 13.8 Å². The Bertz CT molecular complexity index is 692. The van der Waals surface area contributed by atoms with Gasteiger partial charge < -0.3 is 4.74 Å². The molecule has 0 spiro atoms. The van der Waals surface area contributed by atoms with Crippen molar-refractivity contribution >= 4 is 28.9 Å². The highest BCUT2D eigenvalue weighted by Gasteiger charge is 2.21. The van der Waals surface area contributed by atoms with Crippen molar-refractivity contribution in [1.29, 1.82) is 0 Å². The van der Waals surface area contributed by atoms with Gasteiger partial charge in [-0.05, 0) is 12.0 Å². The molecule has 1 heterocycles. The zero-order chi connectivity index (χ0) is 15.6. The van der Waals surface area contributed by atoms with Gasteiger partial charge in [-0.25, -0.2) is 9.97 Å². The zero-order valence-corrected chi connectivity index (χ0v) is 12.7. The molecule has 8 heteroatoms. The first-order valence-electron chi connectivity index (χ1n) is 6.02. The molecule has 1 aromatic carbocycles. The minimum atomic E-state index is -0.552. The fourth-order valence-corrected chi connectivity index (χ4v) is 2.26. The Balaban J connectivity index is 2.50. The van der Waals surface area contributed by atoms with Crippen molar-refractivity contribution in [3.63, 3.8) is 0 Å². The standard InChI is InChI=1S/C13H11Cl2N3O3/c1-7(2)11-12(15)16-6-17-13(11)21-10-5-8(14)3-4-9(10)18(19)20/h3-7H,1-2H3. The number of ether oxygens (including phenoxy) is 1. The number of hydrogen-bond acceptors (Lipinski definition) is 5. The Morgan fingerprint density at radius 1 is 1.29 bits per heavy atom. The molecule has 0 amide bonds. The number of nitro benzene ring substituents is 1. The molecule has 0 aliphatic heterocycles. The second kappa shape index (κ2) is 6.24. The number of hydrogen-bond donors (Lipinski definition) is 0. The molecule has 0 atom stereocenters. The van der Waals surface area contributed by atoms with Crippen LogP contribution in [0, 0.1) is 10.1 Å². The van der Waals surface area contributed by atoms with Gasteiger partial charge in [0, 0.05) is 17.2 Å². The molecular weight excluding hydrogens is 317 g/mol. The second-order valence-electron chi connectivity index (χ2n) is 4.51. The summed E-state index contributed by atoms with van der Waals surface area (Å²) in [4.78, 5) is 18.4. The van der Waals surface area contributed by atoms with E-state index >= 15 is 0 Å². The van der Waals surface area contributed by atoms with Crippen molar-refractivity contribution in [3.05, 3.63) is 50.4 Å². The maximum absolute atomic E-state index is 11.0. The quantitative estimate of drug-likeness (QED) is 0.465. The Labute approximate surface area is 130 Å². The summed E-state index contributed by atoms with van der Waals surface area (Å²) in [6.07, 6.45) is 1.24. The van der Waals surface area contributed by atoms with Gasteiger partial charge in [-0.2, -0.15) is 0 Å². The normalized spacial score (nSPS) is 10.7. The first kappa shape index (κ1) is 15.5. The summed E-state index contributed by atoms with van der Waals surface area (Å²) in [5.41, 5.74) is 0.372. The second-order valence-corrected chi connectivity index (χ2v) is 5.30. The van der Waals surface area contributed by atoms with E-state index < -0.39 is 4.92 Å². The van der Waals surface area contributed by atoms with Crippen LogP contribution in [0.1, 0.15) is 25.3 Å². The summed E-state index contributed by atoms with van der Waals surface area (Å²) in [6.45, 7) is 3.79. The predicted molar refractivity (Wildman–Crippen MR) is 79.3 cm³/mol. The molecule has 110 valence electrons. The molecule has 0 saturated carbocycles. The number of halogens is 2. The highest BCUT2D eigenvalue weighted by Crippen LogP contribution is 2.37. The largest absolute Gasteiger partial charge is 0.431 e. The van der Waals surface area contributed by atoms with E-state index in [9.17, 15) is 10.1 Å². The highest BCUT2D eigenvalue weighted by molar-refractivity contribution is 6.31. The summed E-state index contributed by atoms with van der Waals surface area (Å²) in [7, 11) is 0. The number of nitro groups is 1. The molecule has 0 unspecified atom stereocenters. The number of aromatic nitrogens is 2. The van der Waals surface area contributed by atoms with Gasteiger partial charge in [0.25, 0.3) is 0 Å². The van der Waals surface area contributed by atoms with E-state index in [0.29, 0.717) is 10.6 Å². The number of benzene rings is 1. The Morgan fingerprint density at radius 2 is 2.00 bits per heavy atom. The zero-order valence-electron chi connectivity index (χ0n) is 11.2. The SMILES string of the molecule is CC(C)c1c(Cl)ncnc1Oc1cc(Cl)ccc1[N+](=O)[O-]. The maximum Gasteiger partial charge on any atom is 0.311 e. The molecule has 0 aliphatic carbocycles. The third-order valence-electron chi connectivity index (χ3n) is 2.70. The van der Waals surface area contributed by atoms with E-state index in [2.05, 4.69) is 9.97 Å². The van der Waals surface area contributed by atoms with Crippen molar-refractivity contribution in [2.24, 2.45) is 0 Å². The number of nitrogens with zero attached hydrogens (tertiary/aromatic N) is 3. The molecule has 0 radical (unpaired) electrons. The van der Waals surface area contributed by atoms with Gasteiger partial charge in [-0.3, -0.25) is 10.1 Å². The lowest BCUT2D eigenvalue weighted by molar-refractivity contribution is -0.385. The minimum absolute atomic E-state index is 0.00386. The Hall–Kier alpha value is -1.92. The molecule has 0 bridgehead atoms. The summed E-state index contributed by atoms with van der Waals surface area (Å²) in [5, 5.41) is 11.6. The van der Waals surface area contributed by atoms with Gasteiger partial charge in [0.15, 0.2) is 0 Å². The molecular formula is C13H11Cl2N3O3. The van der Waals surface area contributed by atoms with Crippen molar-refractivity contribution in [3.8, 4) is 11.6 Å². The van der Waals surface area contributed by atoms with Crippen LogP contribution in [-0.2, 0) is 0 Å². The van der Waals surface area contributed by atoms with Crippen LogP contribution in [0.15, 0.2) is 24.5 Å². The van der Waals surface area contributed by atoms with Gasteiger partial charge >= 0.3 is 5.69 Å². The van der Waals surface area contributed by atoms with Crippen LogP contribution in [0.3, 0.4) is 0 Å². The van der Waals surface area contributed by atoms with Crippen LogP contribution in [0.2, 0.25) is 10.2 Å². The van der Waals surface area contributed by atoms with Crippen molar-refractivity contribution in [2.75, 3.05) is 0 Å². The van der Waals surface area contributed by atoms with Gasteiger partial charge in [0.2, 0.25) is 11.6 Å². The van der Waals surface area contributed by atoms with E-state index in [-0.39, 0.29) is 28.4 Å². The van der Waals surface area contributed by atoms with Crippen LogP contribution in [0.5, 0.6) is 11.6 Å². The lowest BCUT2D eigenvalue weighted by Gasteiger charge is -2.13. The summed E-state index contributed by atoms with van der Waals surface area (Å²) < 4.78 is 5.56. The van der Waals surface area contributed by atoms with Crippen LogP contribution in [0.4, 0.5) is 5.69 Å². The van der Waals surface area contributed by atoms with Crippen LogP contribution in [-0.4, -0.2) is 14.9 Å². The van der Waals surface area contributed by atoms with Crippen molar-refractivity contribution in [1.82, 2.24) is 9.97 Å². The van der Waals surface area contributed by atoms with E-state index in [4.69, 9.17) is 27.9 Å². The summed E-state index contributed by atoms with van der Waals surface area (Å²) >= 11 is 11.9. The van der Waals surface area contributed by atoms with Crippen LogP contribution < -0.4 is 4.74 Å². The topological polar surface area (TPSA) is 78.2 Å². The molecule has 1 aromatic heterocycles. The van der Waals surface area contributed by atoms with Gasteiger partial charge in [-0.1, -0.05) is 37.0 Å². The average molecular weight is 328 g/mol. The molecule has 2 rings (SSSR count). The molecule has 0 fully saturated rings. The molecule has 0 saturated heterocycles. The molecule has 6 nitrogen and oxygen atoms in total. The fourth-order valence-electron chi connectivity index (χ4n) is 1.75. The lowest BCUT2D eigenvalue weighted by Crippen LogP contribution is -2.01. The molecule has 2 aromatic rings. The molecule has 0 N–H and O–H groups in total. The monoisotopic (exact) mass is 327 g/mol. The molecule has 21 heavy (non-hydrogen) atoms. The third-order valence-corrected chi connectivity index (χ3v) is 3.24. The van der Waals surface area contributed by atoms with E-state index in [1.165, 1.54) is 24.5 Å². The van der Waals surface area contributed by atoms with E-state index in [1.54, 1.807) is 0 Å². The van der Waals surface area contributed by atoms with Gasteiger partial charge in [0.05, 0.1) is 10.5 Å². The highest BCUT2D eigenvalue weighted by atomic mass is 35.5. The van der Waals surface area contributed by atoms with Crippen molar-refractivity contribution < 1.29 is 9.66 Å². The first-order valence-corrected chi connectivity index (χ1v) is 6.78. The predicted octanol–water partition coefficient (Wildman–Crippen LogP) is 4.61. The average Bonchev–Trinajstić information content (AvgIpc) is 2.37. The van der Waals surface area contributed by atoms with E-state index in [0.717, 1.165) is 0 Å². The smallest absolute Gasteiger partial charge is 0.311 e. The Morgan fingerprint density at radius 3 is 2.62 bits per heavy atom. The summed E-state index contributed by atoms with van der Waals surface area (Å²) in [6, 6.07) is 4.05. The van der Waals surface area contributed by atoms with Gasteiger partial charge in [0.1, 0.15) is 11.5 Å². The fraction of sp³-hybridized carbons (Fsp3) is 0.231. The molecule has 0 aliphatic rings. The van der Waals surface area contributed by atoms with Crippen LogP contribution >= 0.6 is 23.2 Å². The first-order chi connectivity index (χ1) is 9.90. The lowest BCUT2D eigenvalue weighted by atomic mass is 10.1. The van der Waals surface area contributed by atoms with Crippen LogP contribution in [0.25, 0.3) is 0 Å². The van der Waals surface area contributed by atoms with Gasteiger partial charge in [-0.15, -0.1) is 0 Å². The van der Waals surface area contributed by atoms with Crippen molar-refractivity contribution in [2.45, 2.75) is 19.8 Å². The minimum Gasteiger partial charge on any atom is -0.431 e. The Kier molecular flexibility index (Phi) is 4.59. The maximum atomic E-state index is 11.0. The summed E-state index contributed by atoms with van der Waals surface area (Å²) in [5.74, 6) is 0.173. The number of rotatable bonds is 4.